The van der Waals surface area contributed by atoms with Crippen LogP contribution in [0.3, 0.4) is 0 Å². The van der Waals surface area contributed by atoms with Crippen LogP contribution in [-0.4, -0.2) is 22.0 Å². The fourth-order valence-electron chi connectivity index (χ4n) is 2.26. The van der Waals surface area contributed by atoms with Crippen molar-refractivity contribution in [1.82, 2.24) is 5.32 Å². The van der Waals surface area contributed by atoms with Gasteiger partial charge in [-0.15, -0.1) is 0 Å². The highest BCUT2D eigenvalue weighted by Gasteiger charge is 2.29. The summed E-state index contributed by atoms with van der Waals surface area (Å²) in [5.74, 6) is -0.920. The van der Waals surface area contributed by atoms with E-state index in [1.54, 1.807) is 24.3 Å². The summed E-state index contributed by atoms with van der Waals surface area (Å²) in [5, 5.41) is 24.2. The summed E-state index contributed by atoms with van der Waals surface area (Å²) in [6.07, 6.45) is 0. The van der Waals surface area contributed by atoms with Gasteiger partial charge >= 0.3 is 0 Å². The Morgan fingerprint density at radius 3 is 2.62 bits per heavy atom. The van der Waals surface area contributed by atoms with Crippen LogP contribution in [0, 0.1) is 0 Å². The Morgan fingerprint density at radius 2 is 1.86 bits per heavy atom. The monoisotopic (exact) mass is 284 g/mol. The highest BCUT2D eigenvalue weighted by molar-refractivity contribution is 6.23. The van der Waals surface area contributed by atoms with Crippen LogP contribution in [0.15, 0.2) is 36.4 Å². The second-order valence-corrected chi connectivity index (χ2v) is 4.68. The molecule has 2 amide bonds. The molecule has 0 saturated heterocycles. The fourth-order valence-corrected chi connectivity index (χ4v) is 2.26. The number of imide groups is 1. The number of phenols is 2. The zero-order valence-corrected chi connectivity index (χ0v) is 10.9. The van der Waals surface area contributed by atoms with Gasteiger partial charge in [-0.1, -0.05) is 6.07 Å². The zero-order chi connectivity index (χ0) is 15.0. The molecular weight excluding hydrogens is 272 g/mol. The topological polar surface area (TPSA) is 98.7 Å². The third kappa shape index (κ3) is 2.27. The Bertz CT molecular complexity index is 755. The molecular formula is C15H12N2O4. The third-order valence-corrected chi connectivity index (χ3v) is 3.30. The van der Waals surface area contributed by atoms with E-state index in [1.807, 2.05) is 0 Å². The summed E-state index contributed by atoms with van der Waals surface area (Å²) >= 11 is 0. The molecule has 6 heteroatoms. The smallest absolute Gasteiger partial charge is 0.261 e. The Labute approximate surface area is 120 Å². The number of anilines is 1. The first-order chi connectivity index (χ1) is 10.1. The molecule has 2 aromatic rings. The molecule has 0 bridgehead atoms. The van der Waals surface area contributed by atoms with Crippen LogP contribution < -0.4 is 10.6 Å². The fraction of sp³-hybridized carbons (Fsp3) is 0.0667. The first kappa shape index (κ1) is 13.0. The zero-order valence-electron chi connectivity index (χ0n) is 10.9. The van der Waals surface area contributed by atoms with E-state index in [0.717, 1.165) is 0 Å². The van der Waals surface area contributed by atoms with E-state index in [9.17, 15) is 19.8 Å². The van der Waals surface area contributed by atoms with Crippen molar-refractivity contribution in [3.8, 4) is 11.5 Å². The molecule has 0 aromatic heterocycles. The van der Waals surface area contributed by atoms with Gasteiger partial charge in [0.2, 0.25) is 0 Å². The van der Waals surface area contributed by atoms with Gasteiger partial charge in [-0.25, -0.2) is 0 Å². The number of benzene rings is 2. The molecule has 0 radical (unpaired) electrons. The molecule has 0 aliphatic carbocycles. The van der Waals surface area contributed by atoms with Gasteiger partial charge in [0.25, 0.3) is 11.8 Å². The number of hydrogen-bond acceptors (Lipinski definition) is 5. The maximum absolute atomic E-state index is 11.8. The standard InChI is InChI=1S/C15H12N2O4/c18-9-5-4-8(12(19)6-9)7-16-11-3-1-2-10-13(11)15(21)17-14(10)20/h1-6,16,18-19H,7H2,(H,17,20,21). The van der Waals surface area contributed by atoms with Gasteiger partial charge in [0.05, 0.1) is 11.1 Å². The third-order valence-electron chi connectivity index (χ3n) is 3.30. The normalized spacial score (nSPS) is 13.0. The Kier molecular flexibility index (Phi) is 2.98. The minimum atomic E-state index is -0.437. The van der Waals surface area contributed by atoms with Crippen LogP contribution in [0.5, 0.6) is 11.5 Å². The van der Waals surface area contributed by atoms with Crippen molar-refractivity contribution in [2.75, 3.05) is 5.32 Å². The SMILES string of the molecule is O=C1NC(=O)c2c(NCc3ccc(O)cc3O)cccc21. The van der Waals surface area contributed by atoms with Crippen molar-refractivity contribution >= 4 is 17.5 Å². The molecule has 0 spiro atoms. The number of fused-ring (bicyclic) bond motifs is 1. The largest absolute Gasteiger partial charge is 0.508 e. The van der Waals surface area contributed by atoms with Gasteiger partial charge < -0.3 is 15.5 Å². The lowest BCUT2D eigenvalue weighted by Crippen LogP contribution is -2.20. The molecule has 0 fully saturated rings. The van der Waals surface area contributed by atoms with E-state index in [0.29, 0.717) is 22.4 Å². The predicted octanol–water partition coefficient (Wildman–Crippen LogP) is 1.59. The molecule has 106 valence electrons. The van der Waals surface area contributed by atoms with Crippen molar-refractivity contribution in [3.63, 3.8) is 0 Å². The lowest BCUT2D eigenvalue weighted by atomic mass is 10.1. The van der Waals surface area contributed by atoms with E-state index in [-0.39, 0.29) is 18.0 Å². The maximum Gasteiger partial charge on any atom is 0.261 e. The quantitative estimate of drug-likeness (QED) is 0.642. The van der Waals surface area contributed by atoms with Gasteiger partial charge in [0.15, 0.2) is 0 Å². The molecule has 0 atom stereocenters. The minimum Gasteiger partial charge on any atom is -0.508 e. The molecule has 21 heavy (non-hydrogen) atoms. The lowest BCUT2D eigenvalue weighted by molar-refractivity contribution is 0.0880. The molecule has 0 saturated carbocycles. The molecule has 1 heterocycles. The summed E-state index contributed by atoms with van der Waals surface area (Å²) < 4.78 is 0. The number of carbonyl (C=O) groups excluding carboxylic acids is 2. The van der Waals surface area contributed by atoms with Crippen LogP contribution in [-0.2, 0) is 6.54 Å². The Hall–Kier alpha value is -3.02. The van der Waals surface area contributed by atoms with Gasteiger partial charge in [-0.3, -0.25) is 14.9 Å². The highest BCUT2D eigenvalue weighted by atomic mass is 16.3. The predicted molar refractivity (Wildman–Crippen MR) is 75.3 cm³/mol. The number of hydrogen-bond donors (Lipinski definition) is 4. The average Bonchev–Trinajstić information content (AvgIpc) is 2.74. The molecule has 4 N–H and O–H groups in total. The lowest BCUT2D eigenvalue weighted by Gasteiger charge is -2.10. The number of carbonyl (C=O) groups is 2. The van der Waals surface area contributed by atoms with Gasteiger partial charge in [0, 0.05) is 23.9 Å². The summed E-state index contributed by atoms with van der Waals surface area (Å²) in [7, 11) is 0. The molecule has 1 aliphatic rings. The van der Waals surface area contributed by atoms with E-state index < -0.39 is 11.8 Å². The number of aromatic hydroxyl groups is 2. The second-order valence-electron chi connectivity index (χ2n) is 4.68. The number of phenolic OH excluding ortho intramolecular Hbond substituents is 2. The van der Waals surface area contributed by atoms with Crippen LogP contribution in [0.4, 0.5) is 5.69 Å². The number of rotatable bonds is 3. The Morgan fingerprint density at radius 1 is 1.05 bits per heavy atom. The molecule has 1 aliphatic heterocycles. The summed E-state index contributed by atoms with van der Waals surface area (Å²) in [6.45, 7) is 0.254. The summed E-state index contributed by atoms with van der Waals surface area (Å²) in [5.41, 5.74) is 1.72. The van der Waals surface area contributed by atoms with Crippen LogP contribution in [0.2, 0.25) is 0 Å². The van der Waals surface area contributed by atoms with Crippen LogP contribution >= 0.6 is 0 Å². The van der Waals surface area contributed by atoms with E-state index in [2.05, 4.69) is 10.6 Å². The van der Waals surface area contributed by atoms with Crippen molar-refractivity contribution in [2.45, 2.75) is 6.54 Å². The van der Waals surface area contributed by atoms with Crippen molar-refractivity contribution in [2.24, 2.45) is 0 Å². The summed E-state index contributed by atoms with van der Waals surface area (Å²) in [4.78, 5) is 23.3. The Balaban J connectivity index is 1.87. The van der Waals surface area contributed by atoms with Crippen molar-refractivity contribution in [1.29, 1.82) is 0 Å². The first-order valence-corrected chi connectivity index (χ1v) is 6.29. The van der Waals surface area contributed by atoms with Crippen LogP contribution in [0.25, 0.3) is 0 Å². The minimum absolute atomic E-state index is 0.0261. The summed E-state index contributed by atoms with van der Waals surface area (Å²) in [6, 6.07) is 9.22. The van der Waals surface area contributed by atoms with E-state index >= 15 is 0 Å². The van der Waals surface area contributed by atoms with Crippen molar-refractivity contribution in [3.05, 3.63) is 53.1 Å². The second kappa shape index (κ2) is 4.82. The maximum atomic E-state index is 11.8. The van der Waals surface area contributed by atoms with Gasteiger partial charge in [-0.05, 0) is 24.3 Å². The molecule has 2 aromatic carbocycles. The highest BCUT2D eigenvalue weighted by Crippen LogP contribution is 2.27. The van der Waals surface area contributed by atoms with Crippen molar-refractivity contribution < 1.29 is 19.8 Å². The van der Waals surface area contributed by atoms with E-state index in [4.69, 9.17) is 0 Å². The van der Waals surface area contributed by atoms with Gasteiger partial charge in [-0.2, -0.15) is 0 Å². The average molecular weight is 284 g/mol. The van der Waals surface area contributed by atoms with Gasteiger partial charge in [0.1, 0.15) is 11.5 Å². The first-order valence-electron chi connectivity index (χ1n) is 6.29. The van der Waals surface area contributed by atoms with Crippen LogP contribution in [0.1, 0.15) is 26.3 Å². The number of amides is 2. The molecule has 0 unspecified atom stereocenters. The number of nitrogens with one attached hydrogen (secondary N) is 2. The molecule has 6 nitrogen and oxygen atoms in total. The van der Waals surface area contributed by atoms with E-state index in [1.165, 1.54) is 12.1 Å². The molecule has 3 rings (SSSR count).